The van der Waals surface area contributed by atoms with E-state index in [1.165, 1.54) is 22.5 Å². The van der Waals surface area contributed by atoms with Crippen molar-refractivity contribution in [1.29, 1.82) is 0 Å². The number of aryl methyl sites for hydroxylation is 2. The third kappa shape index (κ3) is 3.37. The smallest absolute Gasteiger partial charge is 0.116 e. The van der Waals surface area contributed by atoms with Gasteiger partial charge in [0.1, 0.15) is 6.73 Å². The van der Waals surface area contributed by atoms with Gasteiger partial charge in [0.25, 0.3) is 0 Å². The standard InChI is InChI=1S/C18H22N2O/c1-13(2)21-12-19-16-10-9-15-8-7-14-5-3-4-6-17(14)20-18(15)11-16/h3-6,9-11,13,19-20H,7-8,12H2,1-2H3. The minimum absolute atomic E-state index is 0.239. The monoisotopic (exact) mass is 282 g/mol. The summed E-state index contributed by atoms with van der Waals surface area (Å²) in [5.74, 6) is 0. The fourth-order valence-corrected chi connectivity index (χ4v) is 2.59. The van der Waals surface area contributed by atoms with E-state index in [0.29, 0.717) is 6.73 Å². The maximum atomic E-state index is 5.54. The maximum Gasteiger partial charge on any atom is 0.116 e. The predicted molar refractivity (Wildman–Crippen MR) is 88.3 cm³/mol. The van der Waals surface area contributed by atoms with Crippen LogP contribution in [0.4, 0.5) is 17.1 Å². The molecule has 0 spiro atoms. The van der Waals surface area contributed by atoms with Gasteiger partial charge in [0.05, 0.1) is 6.10 Å². The van der Waals surface area contributed by atoms with Gasteiger partial charge in [-0.1, -0.05) is 24.3 Å². The van der Waals surface area contributed by atoms with Crippen LogP contribution >= 0.6 is 0 Å². The lowest BCUT2D eigenvalue weighted by molar-refractivity contribution is 0.0939. The van der Waals surface area contributed by atoms with E-state index in [1.807, 2.05) is 13.8 Å². The lowest BCUT2D eigenvalue weighted by Crippen LogP contribution is -2.11. The summed E-state index contributed by atoms with van der Waals surface area (Å²) in [5.41, 5.74) is 6.23. The van der Waals surface area contributed by atoms with E-state index in [1.54, 1.807) is 0 Å². The second-order valence-electron chi connectivity index (χ2n) is 5.69. The van der Waals surface area contributed by atoms with Crippen molar-refractivity contribution in [3.8, 4) is 0 Å². The molecule has 3 nitrogen and oxygen atoms in total. The molecule has 3 heteroatoms. The molecule has 0 aliphatic carbocycles. The summed E-state index contributed by atoms with van der Waals surface area (Å²) >= 11 is 0. The van der Waals surface area contributed by atoms with Crippen LogP contribution in [0.3, 0.4) is 0 Å². The zero-order chi connectivity index (χ0) is 14.7. The number of ether oxygens (including phenoxy) is 1. The summed E-state index contributed by atoms with van der Waals surface area (Å²) in [7, 11) is 0. The Morgan fingerprint density at radius 1 is 1.05 bits per heavy atom. The fraction of sp³-hybridized carbons (Fsp3) is 0.333. The van der Waals surface area contributed by atoms with Crippen LogP contribution in [0.2, 0.25) is 0 Å². The van der Waals surface area contributed by atoms with E-state index in [-0.39, 0.29) is 6.10 Å². The Kier molecular flexibility index (Phi) is 4.11. The van der Waals surface area contributed by atoms with Crippen molar-refractivity contribution in [3.63, 3.8) is 0 Å². The first-order chi connectivity index (χ1) is 10.2. The van der Waals surface area contributed by atoms with Crippen LogP contribution in [0.25, 0.3) is 0 Å². The van der Waals surface area contributed by atoms with Gasteiger partial charge in [0.2, 0.25) is 0 Å². The first kappa shape index (κ1) is 14.0. The molecule has 0 saturated carbocycles. The SMILES string of the molecule is CC(C)OCNc1ccc2c(c1)Nc1ccccc1CC2. The van der Waals surface area contributed by atoms with E-state index in [2.05, 4.69) is 53.1 Å². The summed E-state index contributed by atoms with van der Waals surface area (Å²) in [6, 6.07) is 15.0. The molecule has 21 heavy (non-hydrogen) atoms. The molecule has 0 bridgehead atoms. The van der Waals surface area contributed by atoms with Gasteiger partial charge in [0, 0.05) is 17.1 Å². The number of nitrogens with one attached hydrogen (secondary N) is 2. The molecule has 0 amide bonds. The van der Waals surface area contributed by atoms with Crippen LogP contribution in [0, 0.1) is 0 Å². The molecule has 0 aromatic heterocycles. The Hall–Kier alpha value is -2.00. The number of benzene rings is 2. The van der Waals surface area contributed by atoms with Crippen molar-refractivity contribution in [3.05, 3.63) is 53.6 Å². The molecule has 2 aromatic rings. The molecule has 1 aliphatic rings. The highest BCUT2D eigenvalue weighted by Gasteiger charge is 2.12. The van der Waals surface area contributed by atoms with E-state index in [0.717, 1.165) is 18.5 Å². The fourth-order valence-electron chi connectivity index (χ4n) is 2.59. The average molecular weight is 282 g/mol. The summed E-state index contributed by atoms with van der Waals surface area (Å²) < 4.78 is 5.54. The van der Waals surface area contributed by atoms with E-state index in [4.69, 9.17) is 4.74 Å². The van der Waals surface area contributed by atoms with E-state index in [9.17, 15) is 0 Å². The van der Waals surface area contributed by atoms with Crippen LogP contribution < -0.4 is 10.6 Å². The highest BCUT2D eigenvalue weighted by Crippen LogP contribution is 2.31. The van der Waals surface area contributed by atoms with Crippen molar-refractivity contribution >= 4 is 17.1 Å². The van der Waals surface area contributed by atoms with Gasteiger partial charge >= 0.3 is 0 Å². The average Bonchev–Trinajstić information content (AvgIpc) is 2.65. The first-order valence-electron chi connectivity index (χ1n) is 7.56. The van der Waals surface area contributed by atoms with Gasteiger partial charge < -0.3 is 15.4 Å². The molecule has 0 radical (unpaired) electrons. The largest absolute Gasteiger partial charge is 0.363 e. The Balaban J connectivity index is 1.78. The minimum Gasteiger partial charge on any atom is -0.363 e. The summed E-state index contributed by atoms with van der Waals surface area (Å²) in [5, 5.41) is 6.87. The number of hydrogen-bond donors (Lipinski definition) is 2. The van der Waals surface area contributed by atoms with Gasteiger partial charge in [-0.2, -0.15) is 0 Å². The molecule has 110 valence electrons. The van der Waals surface area contributed by atoms with Crippen molar-refractivity contribution in [1.82, 2.24) is 0 Å². The maximum absolute atomic E-state index is 5.54. The van der Waals surface area contributed by atoms with Gasteiger partial charge in [0.15, 0.2) is 0 Å². The molecule has 0 saturated heterocycles. The highest BCUT2D eigenvalue weighted by molar-refractivity contribution is 5.71. The molecule has 3 rings (SSSR count). The van der Waals surface area contributed by atoms with Crippen LogP contribution in [0.5, 0.6) is 0 Å². The van der Waals surface area contributed by atoms with Crippen LogP contribution in [-0.4, -0.2) is 12.8 Å². The van der Waals surface area contributed by atoms with Crippen LogP contribution in [0.15, 0.2) is 42.5 Å². The van der Waals surface area contributed by atoms with Crippen molar-refractivity contribution in [2.24, 2.45) is 0 Å². The zero-order valence-corrected chi connectivity index (χ0v) is 12.6. The van der Waals surface area contributed by atoms with Crippen molar-refractivity contribution < 1.29 is 4.74 Å². The summed E-state index contributed by atoms with van der Waals surface area (Å²) in [4.78, 5) is 0. The van der Waals surface area contributed by atoms with Gasteiger partial charge in [-0.3, -0.25) is 0 Å². The molecule has 1 aliphatic heterocycles. The van der Waals surface area contributed by atoms with Crippen molar-refractivity contribution in [2.75, 3.05) is 17.4 Å². The normalized spacial score (nSPS) is 13.1. The second-order valence-corrected chi connectivity index (χ2v) is 5.69. The molecule has 0 fully saturated rings. The molecule has 0 unspecified atom stereocenters. The zero-order valence-electron chi connectivity index (χ0n) is 12.6. The Bertz CT molecular complexity index is 622. The Morgan fingerprint density at radius 3 is 2.62 bits per heavy atom. The van der Waals surface area contributed by atoms with Gasteiger partial charge in [-0.25, -0.2) is 0 Å². The third-order valence-electron chi connectivity index (χ3n) is 3.75. The number of hydrogen-bond acceptors (Lipinski definition) is 3. The summed E-state index contributed by atoms with van der Waals surface area (Å²) in [6.07, 6.45) is 2.39. The lowest BCUT2D eigenvalue weighted by atomic mass is 10.0. The topological polar surface area (TPSA) is 33.3 Å². The summed E-state index contributed by atoms with van der Waals surface area (Å²) in [6.45, 7) is 4.61. The third-order valence-corrected chi connectivity index (χ3v) is 3.75. The van der Waals surface area contributed by atoms with Gasteiger partial charge in [-0.15, -0.1) is 0 Å². The van der Waals surface area contributed by atoms with Crippen LogP contribution in [-0.2, 0) is 17.6 Å². The first-order valence-corrected chi connectivity index (χ1v) is 7.56. The van der Waals surface area contributed by atoms with Crippen LogP contribution in [0.1, 0.15) is 25.0 Å². The number of fused-ring (bicyclic) bond motifs is 2. The Morgan fingerprint density at radius 2 is 1.81 bits per heavy atom. The lowest BCUT2D eigenvalue weighted by Gasteiger charge is -2.14. The molecular formula is C18H22N2O. The number of para-hydroxylation sites is 1. The number of rotatable bonds is 4. The molecule has 2 N–H and O–H groups in total. The minimum atomic E-state index is 0.239. The molecule has 2 aromatic carbocycles. The second kappa shape index (κ2) is 6.19. The number of anilines is 3. The molecular weight excluding hydrogens is 260 g/mol. The Labute approximate surface area is 126 Å². The molecule has 1 heterocycles. The quantitative estimate of drug-likeness (QED) is 0.819. The molecule has 0 atom stereocenters. The van der Waals surface area contributed by atoms with E-state index >= 15 is 0 Å². The van der Waals surface area contributed by atoms with Gasteiger partial charge in [-0.05, 0) is 56.0 Å². The highest BCUT2D eigenvalue weighted by atomic mass is 16.5. The van der Waals surface area contributed by atoms with E-state index < -0.39 is 0 Å². The predicted octanol–water partition coefficient (Wildman–Crippen LogP) is 4.32. The van der Waals surface area contributed by atoms with Crippen molar-refractivity contribution in [2.45, 2.75) is 32.8 Å².